The monoisotopic (exact) mass is 371 g/mol. The molecule has 1 aromatic carbocycles. The van der Waals surface area contributed by atoms with Gasteiger partial charge in [-0.25, -0.2) is 5.43 Å². The molecule has 1 saturated heterocycles. The lowest BCUT2D eigenvalue weighted by molar-refractivity contribution is -0.129. The molecule has 1 fully saturated rings. The first-order valence-corrected chi connectivity index (χ1v) is 8.39. The zero-order chi connectivity index (χ0) is 17.5. The fourth-order valence-corrected chi connectivity index (χ4v) is 2.73. The van der Waals surface area contributed by atoms with Crippen LogP contribution in [-0.2, 0) is 9.59 Å². The number of hydrogen-bond acceptors (Lipinski definition) is 4. The number of carbonyl (C=O) groups is 2. The summed E-state index contributed by atoms with van der Waals surface area (Å²) >= 11 is 11.7. The predicted molar refractivity (Wildman–Crippen MR) is 93.6 cm³/mol. The summed E-state index contributed by atoms with van der Waals surface area (Å²) in [5, 5.41) is 4.73. The second-order valence-corrected chi connectivity index (χ2v) is 6.35. The summed E-state index contributed by atoms with van der Waals surface area (Å²) in [6, 6.07) is 4.73. The molecule has 0 radical (unpaired) electrons. The Kier molecular flexibility index (Phi) is 6.87. The average Bonchev–Trinajstić information content (AvgIpc) is 3.06. The minimum absolute atomic E-state index is 0.0344. The van der Waals surface area contributed by atoms with E-state index in [2.05, 4.69) is 10.5 Å². The highest BCUT2D eigenvalue weighted by Crippen LogP contribution is 2.27. The van der Waals surface area contributed by atoms with Crippen LogP contribution in [0.1, 0.15) is 26.2 Å². The SMILES string of the molecule is C/C(CC(=O)N1CCCC1)=N\NC(=O)COc1ccc(Cl)cc1Cl. The lowest BCUT2D eigenvalue weighted by Crippen LogP contribution is -2.30. The molecule has 130 valence electrons. The Morgan fingerprint density at radius 2 is 2.00 bits per heavy atom. The van der Waals surface area contributed by atoms with Gasteiger partial charge < -0.3 is 9.64 Å². The van der Waals surface area contributed by atoms with E-state index >= 15 is 0 Å². The van der Waals surface area contributed by atoms with Gasteiger partial charge >= 0.3 is 0 Å². The summed E-state index contributed by atoms with van der Waals surface area (Å²) in [5.74, 6) is -0.0395. The van der Waals surface area contributed by atoms with Crippen molar-refractivity contribution in [1.29, 1.82) is 0 Å². The third-order valence-corrected chi connectivity index (χ3v) is 4.02. The maximum Gasteiger partial charge on any atom is 0.277 e. The van der Waals surface area contributed by atoms with E-state index < -0.39 is 5.91 Å². The average molecular weight is 372 g/mol. The van der Waals surface area contributed by atoms with E-state index in [4.69, 9.17) is 27.9 Å². The number of hydrogen-bond donors (Lipinski definition) is 1. The van der Waals surface area contributed by atoms with Crippen LogP contribution in [0.5, 0.6) is 5.75 Å². The van der Waals surface area contributed by atoms with E-state index in [-0.39, 0.29) is 18.9 Å². The third kappa shape index (κ3) is 5.69. The molecule has 0 bridgehead atoms. The molecule has 0 aromatic heterocycles. The lowest BCUT2D eigenvalue weighted by atomic mass is 10.3. The van der Waals surface area contributed by atoms with Gasteiger partial charge in [0.2, 0.25) is 5.91 Å². The van der Waals surface area contributed by atoms with Crippen LogP contribution in [0.15, 0.2) is 23.3 Å². The minimum atomic E-state index is -0.436. The van der Waals surface area contributed by atoms with Crippen molar-refractivity contribution in [2.75, 3.05) is 19.7 Å². The van der Waals surface area contributed by atoms with Gasteiger partial charge in [0.25, 0.3) is 5.91 Å². The highest BCUT2D eigenvalue weighted by atomic mass is 35.5. The van der Waals surface area contributed by atoms with Crippen LogP contribution >= 0.6 is 23.2 Å². The van der Waals surface area contributed by atoms with Crippen LogP contribution in [0.25, 0.3) is 0 Å². The summed E-state index contributed by atoms with van der Waals surface area (Å²) in [6.07, 6.45) is 2.29. The largest absolute Gasteiger partial charge is 0.482 e. The topological polar surface area (TPSA) is 71.0 Å². The molecule has 1 aromatic rings. The van der Waals surface area contributed by atoms with Crippen LogP contribution in [0.4, 0.5) is 0 Å². The first-order valence-electron chi connectivity index (χ1n) is 7.63. The molecule has 1 heterocycles. The maximum absolute atomic E-state index is 12.0. The van der Waals surface area contributed by atoms with Crippen molar-refractivity contribution >= 4 is 40.7 Å². The van der Waals surface area contributed by atoms with Gasteiger partial charge in [-0.05, 0) is 38.0 Å². The van der Waals surface area contributed by atoms with Crippen LogP contribution in [0, 0.1) is 0 Å². The summed E-state index contributed by atoms with van der Waals surface area (Å²) in [7, 11) is 0. The fraction of sp³-hybridized carbons (Fsp3) is 0.438. The Morgan fingerprint density at radius 1 is 1.29 bits per heavy atom. The second kappa shape index (κ2) is 8.89. The third-order valence-electron chi connectivity index (χ3n) is 3.49. The van der Waals surface area contributed by atoms with Gasteiger partial charge in [0, 0.05) is 23.8 Å². The van der Waals surface area contributed by atoms with E-state index in [1.54, 1.807) is 19.1 Å². The van der Waals surface area contributed by atoms with Crippen molar-refractivity contribution in [2.24, 2.45) is 5.10 Å². The van der Waals surface area contributed by atoms with Gasteiger partial charge in [0.15, 0.2) is 6.61 Å². The summed E-state index contributed by atoms with van der Waals surface area (Å²) in [5.41, 5.74) is 2.91. The number of rotatable bonds is 6. The highest BCUT2D eigenvalue weighted by molar-refractivity contribution is 6.35. The lowest BCUT2D eigenvalue weighted by Gasteiger charge is -2.14. The molecule has 6 nitrogen and oxygen atoms in total. The summed E-state index contributed by atoms with van der Waals surface area (Å²) < 4.78 is 5.30. The minimum Gasteiger partial charge on any atom is -0.482 e. The number of likely N-dealkylation sites (tertiary alicyclic amines) is 1. The number of halogens is 2. The van der Waals surface area contributed by atoms with E-state index in [1.165, 1.54) is 6.07 Å². The normalized spacial score (nSPS) is 14.6. The standard InChI is InChI=1S/C16H19Cl2N3O3/c1-11(8-16(23)21-6-2-3-7-21)19-20-15(22)10-24-14-5-4-12(17)9-13(14)18/h4-5,9H,2-3,6-8,10H2,1H3,(H,20,22)/b19-11+. The molecule has 0 atom stereocenters. The molecule has 2 rings (SSSR count). The van der Waals surface area contributed by atoms with Crippen molar-refractivity contribution in [3.05, 3.63) is 28.2 Å². The Bertz CT molecular complexity index is 643. The van der Waals surface area contributed by atoms with Gasteiger partial charge in [-0.3, -0.25) is 9.59 Å². The summed E-state index contributed by atoms with van der Waals surface area (Å²) in [4.78, 5) is 25.5. The van der Waals surface area contributed by atoms with Gasteiger partial charge in [0.1, 0.15) is 5.75 Å². The van der Waals surface area contributed by atoms with E-state index in [1.807, 2.05) is 4.90 Å². The van der Waals surface area contributed by atoms with Crippen LogP contribution in [0.2, 0.25) is 10.0 Å². The molecule has 1 aliphatic heterocycles. The van der Waals surface area contributed by atoms with E-state index in [0.717, 1.165) is 25.9 Å². The van der Waals surface area contributed by atoms with E-state index in [0.29, 0.717) is 21.5 Å². The number of hydrazone groups is 1. The van der Waals surface area contributed by atoms with Crippen LogP contribution in [0.3, 0.4) is 0 Å². The Labute approximate surface area is 150 Å². The van der Waals surface area contributed by atoms with Crippen molar-refractivity contribution in [3.63, 3.8) is 0 Å². The molecule has 0 unspecified atom stereocenters. The quantitative estimate of drug-likeness (QED) is 0.617. The molecule has 1 N–H and O–H groups in total. The second-order valence-electron chi connectivity index (χ2n) is 5.51. The maximum atomic E-state index is 12.0. The highest BCUT2D eigenvalue weighted by Gasteiger charge is 2.18. The molecule has 24 heavy (non-hydrogen) atoms. The van der Waals surface area contributed by atoms with Crippen LogP contribution in [-0.4, -0.2) is 42.1 Å². The van der Waals surface area contributed by atoms with E-state index in [9.17, 15) is 9.59 Å². The molecular formula is C16H19Cl2N3O3. The van der Waals surface area contributed by atoms with Gasteiger partial charge in [-0.2, -0.15) is 5.10 Å². The number of ether oxygens (including phenoxy) is 1. The number of benzene rings is 1. The van der Waals surface area contributed by atoms with Gasteiger partial charge in [-0.1, -0.05) is 23.2 Å². The number of nitrogens with one attached hydrogen (secondary N) is 1. The van der Waals surface area contributed by atoms with Crippen molar-refractivity contribution in [3.8, 4) is 5.75 Å². The molecule has 1 aliphatic rings. The van der Waals surface area contributed by atoms with Crippen molar-refractivity contribution in [1.82, 2.24) is 10.3 Å². The summed E-state index contributed by atoms with van der Waals surface area (Å²) in [6.45, 7) is 3.06. The zero-order valence-corrected chi connectivity index (χ0v) is 14.9. The first-order chi connectivity index (χ1) is 11.5. The number of nitrogens with zero attached hydrogens (tertiary/aromatic N) is 2. The molecular weight excluding hydrogens is 353 g/mol. The smallest absolute Gasteiger partial charge is 0.277 e. The molecule has 8 heteroatoms. The van der Waals surface area contributed by atoms with Gasteiger partial charge in [0.05, 0.1) is 11.4 Å². The zero-order valence-electron chi connectivity index (χ0n) is 13.3. The Morgan fingerprint density at radius 3 is 2.67 bits per heavy atom. The van der Waals surface area contributed by atoms with Crippen molar-refractivity contribution < 1.29 is 14.3 Å². The predicted octanol–water partition coefficient (Wildman–Crippen LogP) is 2.88. The number of amides is 2. The molecule has 0 spiro atoms. The fourth-order valence-electron chi connectivity index (χ4n) is 2.26. The van der Waals surface area contributed by atoms with Crippen molar-refractivity contribution in [2.45, 2.75) is 26.2 Å². The molecule has 0 aliphatic carbocycles. The Hall–Kier alpha value is -1.79. The van der Waals surface area contributed by atoms with Crippen LogP contribution < -0.4 is 10.2 Å². The van der Waals surface area contributed by atoms with Gasteiger partial charge in [-0.15, -0.1) is 0 Å². The Balaban J connectivity index is 1.76. The molecule has 0 saturated carbocycles. The first kappa shape index (κ1) is 18.5. The molecule has 2 amide bonds. The number of carbonyl (C=O) groups excluding carboxylic acids is 2.